The van der Waals surface area contributed by atoms with E-state index in [0.29, 0.717) is 5.65 Å². The Hall–Kier alpha value is -1.50. The first-order valence-corrected chi connectivity index (χ1v) is 5.39. The Morgan fingerprint density at radius 3 is 3.12 bits per heavy atom. The molecule has 3 heterocycles. The van der Waals surface area contributed by atoms with Crippen molar-refractivity contribution in [1.29, 1.82) is 0 Å². The number of hydrogen-bond donors (Lipinski definition) is 2. The lowest BCUT2D eigenvalue weighted by Crippen LogP contribution is -2.41. The van der Waals surface area contributed by atoms with Crippen LogP contribution in [0.5, 0.6) is 0 Å². The van der Waals surface area contributed by atoms with Crippen molar-refractivity contribution in [3.05, 3.63) is 24.8 Å². The molecule has 3 atom stereocenters. The molecule has 1 fully saturated rings. The van der Waals surface area contributed by atoms with Crippen LogP contribution in [0.15, 0.2) is 24.8 Å². The first-order chi connectivity index (χ1) is 8.10. The molecular weight excluding hydrogens is 222 g/mol. The van der Waals surface area contributed by atoms with Crippen molar-refractivity contribution < 1.29 is 14.9 Å². The fraction of sp³-hybridized carbons (Fsp3) is 0.455. The molecular formula is C11H13N3O3. The van der Waals surface area contributed by atoms with E-state index >= 15 is 0 Å². The summed E-state index contributed by atoms with van der Waals surface area (Å²) < 4.78 is 7.15. The highest BCUT2D eigenvalue weighted by Gasteiger charge is 2.47. The van der Waals surface area contributed by atoms with E-state index in [1.165, 1.54) is 6.33 Å². The second kappa shape index (κ2) is 3.49. The summed E-state index contributed by atoms with van der Waals surface area (Å²) in [5.41, 5.74) is -0.643. The van der Waals surface area contributed by atoms with Crippen LogP contribution in [0.3, 0.4) is 0 Å². The average molecular weight is 235 g/mol. The third-order valence-corrected chi connectivity index (χ3v) is 3.22. The topological polar surface area (TPSA) is 80.4 Å². The van der Waals surface area contributed by atoms with Gasteiger partial charge in [0.2, 0.25) is 0 Å². The molecule has 0 bridgehead atoms. The van der Waals surface area contributed by atoms with Gasteiger partial charge in [0.25, 0.3) is 0 Å². The summed E-state index contributed by atoms with van der Waals surface area (Å²) in [5, 5.41) is 20.8. The summed E-state index contributed by atoms with van der Waals surface area (Å²) >= 11 is 0. The summed E-state index contributed by atoms with van der Waals surface area (Å²) in [5.74, 6) is 0. The third kappa shape index (κ3) is 1.45. The Kier molecular flexibility index (Phi) is 2.19. The summed E-state index contributed by atoms with van der Waals surface area (Å²) in [6.45, 7) is 1.67. The van der Waals surface area contributed by atoms with Crippen molar-refractivity contribution in [3.63, 3.8) is 0 Å². The van der Waals surface area contributed by atoms with Gasteiger partial charge in [-0.25, -0.2) is 9.97 Å². The maximum absolute atomic E-state index is 10.2. The number of aromatic nitrogens is 3. The van der Waals surface area contributed by atoms with Crippen LogP contribution in [0.4, 0.5) is 0 Å². The molecule has 2 N–H and O–H groups in total. The number of aliphatic hydroxyl groups is 2. The average Bonchev–Trinajstić information content (AvgIpc) is 2.82. The minimum atomic E-state index is -1.32. The second-order valence-electron chi connectivity index (χ2n) is 4.45. The van der Waals surface area contributed by atoms with Crippen molar-refractivity contribution in [1.82, 2.24) is 14.5 Å². The zero-order chi connectivity index (χ0) is 12.0. The molecule has 3 rings (SSSR count). The van der Waals surface area contributed by atoms with Crippen LogP contribution in [0, 0.1) is 0 Å². The number of hydrogen-bond acceptors (Lipinski definition) is 5. The van der Waals surface area contributed by atoms with E-state index in [2.05, 4.69) is 9.97 Å². The van der Waals surface area contributed by atoms with Gasteiger partial charge in [0.15, 0.2) is 6.23 Å². The number of aliphatic hydroxyl groups excluding tert-OH is 1. The van der Waals surface area contributed by atoms with Gasteiger partial charge in [0.05, 0.1) is 6.61 Å². The summed E-state index contributed by atoms with van der Waals surface area (Å²) in [7, 11) is 0. The van der Waals surface area contributed by atoms with Gasteiger partial charge in [-0.2, -0.15) is 0 Å². The fourth-order valence-electron chi connectivity index (χ4n) is 2.13. The molecule has 6 heteroatoms. The van der Waals surface area contributed by atoms with Gasteiger partial charge in [-0.15, -0.1) is 0 Å². The van der Waals surface area contributed by atoms with Crippen LogP contribution in [-0.2, 0) is 4.74 Å². The second-order valence-corrected chi connectivity index (χ2v) is 4.45. The monoisotopic (exact) mass is 235 g/mol. The van der Waals surface area contributed by atoms with Crippen molar-refractivity contribution in [3.8, 4) is 0 Å². The zero-order valence-electron chi connectivity index (χ0n) is 9.32. The summed E-state index contributed by atoms with van der Waals surface area (Å²) in [6, 6.07) is 1.85. The molecule has 2 aromatic rings. The minimum Gasteiger partial charge on any atom is -0.388 e. The lowest BCUT2D eigenvalue weighted by molar-refractivity contribution is -0.0922. The highest BCUT2D eigenvalue weighted by Crippen LogP contribution is 2.35. The van der Waals surface area contributed by atoms with E-state index in [4.69, 9.17) is 4.74 Å². The van der Waals surface area contributed by atoms with E-state index in [-0.39, 0.29) is 6.61 Å². The van der Waals surface area contributed by atoms with E-state index in [1.807, 2.05) is 6.07 Å². The Labute approximate surface area is 97.5 Å². The Bertz CT molecular complexity index is 552. The molecule has 1 aliphatic rings. The molecule has 0 saturated carbocycles. The van der Waals surface area contributed by atoms with E-state index in [9.17, 15) is 10.2 Å². The number of rotatable bonds is 1. The van der Waals surface area contributed by atoms with Gasteiger partial charge in [-0.05, 0) is 13.0 Å². The molecule has 2 aromatic heterocycles. The van der Waals surface area contributed by atoms with E-state index in [0.717, 1.165) is 5.39 Å². The van der Waals surface area contributed by atoms with Crippen LogP contribution in [0.25, 0.3) is 11.0 Å². The largest absolute Gasteiger partial charge is 0.388 e. The van der Waals surface area contributed by atoms with Crippen LogP contribution in [0.1, 0.15) is 13.2 Å². The van der Waals surface area contributed by atoms with Crippen molar-refractivity contribution in [2.75, 3.05) is 6.61 Å². The zero-order valence-corrected chi connectivity index (χ0v) is 9.32. The quantitative estimate of drug-likeness (QED) is 0.731. The van der Waals surface area contributed by atoms with Crippen LogP contribution < -0.4 is 0 Å². The molecule has 6 nitrogen and oxygen atoms in total. The molecule has 0 radical (unpaired) electrons. The van der Waals surface area contributed by atoms with Gasteiger partial charge < -0.3 is 19.5 Å². The first-order valence-electron chi connectivity index (χ1n) is 5.39. The molecule has 0 spiro atoms. The van der Waals surface area contributed by atoms with Gasteiger partial charge >= 0.3 is 0 Å². The molecule has 90 valence electrons. The molecule has 0 aliphatic carbocycles. The predicted molar refractivity (Wildman–Crippen MR) is 59.1 cm³/mol. The van der Waals surface area contributed by atoms with Gasteiger partial charge in [-0.3, -0.25) is 0 Å². The van der Waals surface area contributed by atoms with Crippen LogP contribution in [-0.4, -0.2) is 43.1 Å². The molecule has 17 heavy (non-hydrogen) atoms. The SMILES string of the molecule is CC1(O)C(O)COC1n1ccc2cncnc21. The normalized spacial score (nSPS) is 33.4. The first kappa shape index (κ1) is 10.6. The van der Waals surface area contributed by atoms with Crippen LogP contribution >= 0.6 is 0 Å². The molecule has 1 saturated heterocycles. The maximum Gasteiger partial charge on any atom is 0.166 e. The Morgan fingerprint density at radius 1 is 1.59 bits per heavy atom. The van der Waals surface area contributed by atoms with Gasteiger partial charge in [0, 0.05) is 17.8 Å². The predicted octanol–water partition coefficient (Wildman–Crippen LogP) is 0.0720. The lowest BCUT2D eigenvalue weighted by atomic mass is 10.0. The van der Waals surface area contributed by atoms with Crippen molar-refractivity contribution in [2.24, 2.45) is 0 Å². The Morgan fingerprint density at radius 2 is 2.41 bits per heavy atom. The minimum absolute atomic E-state index is 0.114. The molecule has 0 aromatic carbocycles. The fourth-order valence-corrected chi connectivity index (χ4v) is 2.13. The van der Waals surface area contributed by atoms with E-state index < -0.39 is 17.9 Å². The summed E-state index contributed by atoms with van der Waals surface area (Å²) in [4.78, 5) is 8.08. The number of ether oxygens (including phenoxy) is 1. The molecule has 0 amide bonds. The number of fused-ring (bicyclic) bond motifs is 1. The summed E-state index contributed by atoms with van der Waals surface area (Å²) in [6.07, 6.45) is 3.38. The Balaban J connectivity index is 2.11. The van der Waals surface area contributed by atoms with Gasteiger partial charge in [0.1, 0.15) is 23.7 Å². The van der Waals surface area contributed by atoms with Crippen LogP contribution in [0.2, 0.25) is 0 Å². The number of nitrogens with zero attached hydrogens (tertiary/aromatic N) is 3. The van der Waals surface area contributed by atoms with Crippen molar-refractivity contribution >= 4 is 11.0 Å². The smallest absolute Gasteiger partial charge is 0.166 e. The van der Waals surface area contributed by atoms with Crippen molar-refractivity contribution in [2.45, 2.75) is 24.9 Å². The highest BCUT2D eigenvalue weighted by atomic mass is 16.5. The lowest BCUT2D eigenvalue weighted by Gasteiger charge is -2.27. The highest BCUT2D eigenvalue weighted by molar-refractivity contribution is 5.74. The molecule has 3 unspecified atom stereocenters. The van der Waals surface area contributed by atoms with Gasteiger partial charge in [-0.1, -0.05) is 0 Å². The van der Waals surface area contributed by atoms with E-state index in [1.54, 1.807) is 23.9 Å². The third-order valence-electron chi connectivity index (χ3n) is 3.22. The maximum atomic E-state index is 10.2. The standard InChI is InChI=1S/C11H13N3O3/c1-11(16)8(15)5-17-10(11)14-3-2-7-4-12-6-13-9(7)14/h2-4,6,8,10,15-16H,5H2,1H3. The molecule has 1 aliphatic heterocycles.